The van der Waals surface area contributed by atoms with Crippen LogP contribution in [0.4, 0.5) is 5.69 Å². The molecular weight excluding hydrogens is 480 g/mol. The number of nitrogens with zero attached hydrogens (tertiary/aromatic N) is 3. The van der Waals surface area contributed by atoms with Crippen LogP contribution in [0.2, 0.25) is 0 Å². The van der Waals surface area contributed by atoms with Gasteiger partial charge in [0, 0.05) is 38.8 Å². The Morgan fingerprint density at radius 3 is 2.22 bits per heavy atom. The van der Waals surface area contributed by atoms with Gasteiger partial charge in [0.15, 0.2) is 11.5 Å². The van der Waals surface area contributed by atoms with Crippen LogP contribution in [-0.2, 0) is 14.8 Å². The number of amides is 1. The number of carbonyl (C=O) groups is 1. The molecule has 1 aliphatic heterocycles. The van der Waals surface area contributed by atoms with Crippen LogP contribution in [0, 0.1) is 13.8 Å². The van der Waals surface area contributed by atoms with E-state index in [1.54, 1.807) is 18.2 Å². The van der Waals surface area contributed by atoms with Crippen LogP contribution in [0.5, 0.6) is 11.5 Å². The van der Waals surface area contributed by atoms with Crippen LogP contribution in [0.15, 0.2) is 41.3 Å². The number of hydrogen-bond donors (Lipinski definition) is 1. The van der Waals surface area contributed by atoms with E-state index in [1.807, 2.05) is 19.9 Å². The molecule has 0 bridgehead atoms. The van der Waals surface area contributed by atoms with E-state index in [4.69, 9.17) is 9.47 Å². The smallest absolute Gasteiger partial charge is 0.264 e. The Kier molecular flexibility index (Phi) is 9.58. The molecule has 0 radical (unpaired) electrons. The molecule has 0 atom stereocenters. The van der Waals surface area contributed by atoms with Crippen molar-refractivity contribution in [2.24, 2.45) is 0 Å². The third-order valence-electron chi connectivity index (χ3n) is 6.29. The Bertz CT molecular complexity index is 1130. The summed E-state index contributed by atoms with van der Waals surface area (Å²) in [7, 11) is 0.989. The van der Waals surface area contributed by atoms with Gasteiger partial charge in [-0.3, -0.25) is 9.10 Å². The SMILES string of the molecule is COc1ccc(S(=O)(=O)N(CC(=O)NCCCN2CCN(C)CC2)c2cc(C)cc(C)c2)cc1OC. The summed E-state index contributed by atoms with van der Waals surface area (Å²) in [6.45, 7) is 9.00. The first-order valence-electron chi connectivity index (χ1n) is 12.1. The van der Waals surface area contributed by atoms with Crippen molar-refractivity contribution in [1.29, 1.82) is 0 Å². The fourth-order valence-electron chi connectivity index (χ4n) is 4.30. The normalized spacial score (nSPS) is 14.9. The van der Waals surface area contributed by atoms with Crippen molar-refractivity contribution < 1.29 is 22.7 Å². The molecule has 9 nitrogen and oxygen atoms in total. The second-order valence-electron chi connectivity index (χ2n) is 9.22. The van der Waals surface area contributed by atoms with Crippen LogP contribution in [0.1, 0.15) is 17.5 Å². The fraction of sp³-hybridized carbons (Fsp3) is 0.500. The van der Waals surface area contributed by atoms with E-state index in [-0.39, 0.29) is 17.3 Å². The highest BCUT2D eigenvalue weighted by molar-refractivity contribution is 7.92. The molecule has 3 rings (SSSR count). The Hall–Kier alpha value is -2.82. The van der Waals surface area contributed by atoms with Gasteiger partial charge in [-0.1, -0.05) is 6.07 Å². The predicted molar refractivity (Wildman–Crippen MR) is 142 cm³/mol. The van der Waals surface area contributed by atoms with E-state index in [0.29, 0.717) is 23.7 Å². The number of carbonyl (C=O) groups excluding carboxylic acids is 1. The molecule has 2 aromatic carbocycles. The summed E-state index contributed by atoms with van der Waals surface area (Å²) in [6, 6.07) is 9.92. The number of aryl methyl sites for hydroxylation is 2. The highest BCUT2D eigenvalue weighted by Crippen LogP contribution is 2.32. The quantitative estimate of drug-likeness (QED) is 0.457. The van der Waals surface area contributed by atoms with Gasteiger partial charge in [0.25, 0.3) is 10.0 Å². The fourth-order valence-corrected chi connectivity index (χ4v) is 5.72. The number of likely N-dealkylation sites (N-methyl/N-ethyl adjacent to an activating group) is 1. The molecule has 1 N–H and O–H groups in total. The molecule has 10 heteroatoms. The van der Waals surface area contributed by atoms with Crippen molar-refractivity contribution >= 4 is 21.6 Å². The molecule has 198 valence electrons. The first kappa shape index (κ1) is 27.8. The lowest BCUT2D eigenvalue weighted by Gasteiger charge is -2.32. The summed E-state index contributed by atoms with van der Waals surface area (Å²) in [5, 5.41) is 2.90. The van der Waals surface area contributed by atoms with Gasteiger partial charge in [0.2, 0.25) is 5.91 Å². The molecule has 1 heterocycles. The Balaban J connectivity index is 1.76. The van der Waals surface area contributed by atoms with Crippen LogP contribution in [-0.4, -0.2) is 91.2 Å². The number of rotatable bonds is 11. The first-order chi connectivity index (χ1) is 17.1. The topological polar surface area (TPSA) is 91.4 Å². The summed E-state index contributed by atoms with van der Waals surface area (Å²) >= 11 is 0. The van der Waals surface area contributed by atoms with Crippen molar-refractivity contribution in [3.8, 4) is 11.5 Å². The predicted octanol–water partition coefficient (Wildman–Crippen LogP) is 2.27. The summed E-state index contributed by atoms with van der Waals surface area (Å²) in [5.41, 5.74) is 2.25. The van der Waals surface area contributed by atoms with Crippen LogP contribution in [0.25, 0.3) is 0 Å². The zero-order valence-corrected chi connectivity index (χ0v) is 22.7. The molecule has 0 spiro atoms. The first-order valence-corrected chi connectivity index (χ1v) is 13.6. The lowest BCUT2D eigenvalue weighted by Crippen LogP contribution is -2.45. The maximum atomic E-state index is 13.8. The number of benzene rings is 2. The molecule has 1 aliphatic rings. The van der Waals surface area contributed by atoms with Crippen molar-refractivity contribution in [2.75, 3.05) is 71.4 Å². The molecule has 0 aliphatic carbocycles. The third kappa shape index (κ3) is 7.11. The van der Waals surface area contributed by atoms with Gasteiger partial charge >= 0.3 is 0 Å². The zero-order valence-electron chi connectivity index (χ0n) is 21.9. The minimum absolute atomic E-state index is 0.0159. The van der Waals surface area contributed by atoms with E-state index < -0.39 is 10.0 Å². The number of nitrogens with one attached hydrogen (secondary N) is 1. The van der Waals surface area contributed by atoms with E-state index in [1.165, 1.54) is 26.4 Å². The molecule has 0 unspecified atom stereocenters. The average Bonchev–Trinajstić information content (AvgIpc) is 2.85. The lowest BCUT2D eigenvalue weighted by atomic mass is 10.1. The number of methoxy groups -OCH3 is 2. The average molecular weight is 519 g/mol. The standard InChI is InChI=1S/C26H38N4O5S/c1-20-15-21(2)17-22(16-20)30(36(32,33)23-7-8-24(34-4)25(18-23)35-5)19-26(31)27-9-6-10-29-13-11-28(3)12-14-29/h7-8,15-18H,6,9-14,19H2,1-5H3,(H,27,31). The molecule has 2 aromatic rings. The summed E-state index contributed by atoms with van der Waals surface area (Å²) in [4.78, 5) is 17.6. The van der Waals surface area contributed by atoms with Crippen LogP contribution in [0.3, 0.4) is 0 Å². The van der Waals surface area contributed by atoms with Crippen LogP contribution < -0.4 is 19.1 Å². The van der Waals surface area contributed by atoms with Gasteiger partial charge in [0.1, 0.15) is 6.54 Å². The molecule has 0 saturated carbocycles. The molecule has 1 saturated heterocycles. The third-order valence-corrected chi connectivity index (χ3v) is 8.06. The lowest BCUT2D eigenvalue weighted by molar-refractivity contribution is -0.119. The monoisotopic (exact) mass is 518 g/mol. The number of piperazine rings is 1. The zero-order chi connectivity index (χ0) is 26.3. The van der Waals surface area contributed by atoms with E-state index in [0.717, 1.165) is 54.6 Å². The van der Waals surface area contributed by atoms with Gasteiger partial charge in [-0.05, 0) is 69.3 Å². The minimum atomic E-state index is -4.07. The van der Waals surface area contributed by atoms with Crippen molar-refractivity contribution in [3.05, 3.63) is 47.5 Å². The number of sulfonamides is 1. The number of hydrogen-bond acceptors (Lipinski definition) is 7. The van der Waals surface area contributed by atoms with Gasteiger partial charge < -0.3 is 24.6 Å². The Morgan fingerprint density at radius 1 is 0.972 bits per heavy atom. The van der Waals surface area contributed by atoms with Gasteiger partial charge in [-0.25, -0.2) is 8.42 Å². The van der Waals surface area contributed by atoms with E-state index in [2.05, 4.69) is 22.2 Å². The highest BCUT2D eigenvalue weighted by atomic mass is 32.2. The maximum absolute atomic E-state index is 13.8. The largest absolute Gasteiger partial charge is 0.493 e. The maximum Gasteiger partial charge on any atom is 0.264 e. The summed E-state index contributed by atoms with van der Waals surface area (Å²) in [6.07, 6.45) is 0.807. The molecule has 36 heavy (non-hydrogen) atoms. The molecule has 1 amide bonds. The Morgan fingerprint density at radius 2 is 1.61 bits per heavy atom. The number of ether oxygens (including phenoxy) is 2. The van der Waals surface area contributed by atoms with E-state index >= 15 is 0 Å². The van der Waals surface area contributed by atoms with E-state index in [9.17, 15) is 13.2 Å². The highest BCUT2D eigenvalue weighted by Gasteiger charge is 2.28. The van der Waals surface area contributed by atoms with Crippen LogP contribution >= 0.6 is 0 Å². The second-order valence-corrected chi connectivity index (χ2v) is 11.1. The molecule has 1 fully saturated rings. The van der Waals surface area contributed by atoms with Gasteiger partial charge in [0.05, 0.1) is 24.8 Å². The summed E-state index contributed by atoms with van der Waals surface area (Å²) < 4.78 is 39.2. The van der Waals surface area contributed by atoms with Crippen molar-refractivity contribution in [2.45, 2.75) is 25.2 Å². The Labute approximate surface area is 215 Å². The number of anilines is 1. The minimum Gasteiger partial charge on any atom is -0.493 e. The summed E-state index contributed by atoms with van der Waals surface area (Å²) in [5.74, 6) is 0.372. The van der Waals surface area contributed by atoms with Gasteiger partial charge in [-0.15, -0.1) is 0 Å². The molecule has 0 aromatic heterocycles. The van der Waals surface area contributed by atoms with Crippen molar-refractivity contribution in [3.63, 3.8) is 0 Å². The molecular formula is C26H38N4O5S. The van der Waals surface area contributed by atoms with Crippen molar-refractivity contribution in [1.82, 2.24) is 15.1 Å². The second kappa shape index (κ2) is 12.4. The van der Waals surface area contributed by atoms with Gasteiger partial charge in [-0.2, -0.15) is 0 Å².